The lowest BCUT2D eigenvalue weighted by molar-refractivity contribution is 0.0919. The minimum absolute atomic E-state index is 0.221. The molecule has 158 valence electrons. The van der Waals surface area contributed by atoms with Gasteiger partial charge in [0.05, 0.1) is 16.6 Å². The number of amides is 1. The molecular weight excluding hydrogens is 410 g/mol. The van der Waals surface area contributed by atoms with Crippen LogP contribution >= 0.6 is 11.6 Å². The van der Waals surface area contributed by atoms with Crippen LogP contribution in [0.15, 0.2) is 45.7 Å². The Hall–Kier alpha value is -1.67. The molecule has 1 aliphatic rings. The molecule has 0 radical (unpaired) electrons. The maximum absolute atomic E-state index is 12.4. The number of carbonyl (C=O) groups excluding carboxylic acids is 1. The molecule has 1 N–H and O–H groups in total. The van der Waals surface area contributed by atoms with Crippen LogP contribution in [0, 0.1) is 0 Å². The van der Waals surface area contributed by atoms with E-state index in [2.05, 4.69) is 22.0 Å². The zero-order valence-electron chi connectivity index (χ0n) is 16.7. The van der Waals surface area contributed by atoms with Gasteiger partial charge in [0, 0.05) is 42.6 Å². The second-order valence-corrected chi connectivity index (χ2v) is 8.98. The van der Waals surface area contributed by atoms with E-state index in [1.165, 1.54) is 0 Å². The predicted octanol–water partition coefficient (Wildman–Crippen LogP) is 3.00. The van der Waals surface area contributed by atoms with Gasteiger partial charge in [-0.25, -0.2) is 0 Å². The van der Waals surface area contributed by atoms with E-state index in [1.54, 1.807) is 36.4 Å². The van der Waals surface area contributed by atoms with Crippen molar-refractivity contribution in [3.8, 4) is 0 Å². The van der Waals surface area contributed by atoms with Crippen LogP contribution < -0.4 is 5.32 Å². The van der Waals surface area contributed by atoms with Crippen LogP contribution in [0.5, 0.6) is 0 Å². The van der Waals surface area contributed by atoms with Gasteiger partial charge >= 0.3 is 0 Å². The number of hydrogen-bond acceptors (Lipinski definition) is 5. The Labute approximate surface area is 179 Å². The number of benzene rings is 1. The first-order valence-electron chi connectivity index (χ1n) is 10.0. The molecule has 1 fully saturated rings. The Bertz CT molecular complexity index is 817. The quantitative estimate of drug-likeness (QED) is 0.611. The van der Waals surface area contributed by atoms with Gasteiger partial charge in [-0.1, -0.05) is 18.5 Å². The minimum atomic E-state index is -1.25. The largest absolute Gasteiger partial charge is 0.455 e. The highest BCUT2D eigenvalue weighted by Gasteiger charge is 2.16. The molecule has 2 heterocycles. The first-order chi connectivity index (χ1) is 14.0. The highest BCUT2D eigenvalue weighted by molar-refractivity contribution is 7.84. The maximum atomic E-state index is 12.4. The zero-order chi connectivity index (χ0) is 20.6. The van der Waals surface area contributed by atoms with Gasteiger partial charge in [0.1, 0.15) is 5.76 Å². The Morgan fingerprint density at radius 2 is 1.79 bits per heavy atom. The monoisotopic (exact) mass is 437 g/mol. The predicted molar refractivity (Wildman–Crippen MR) is 116 cm³/mol. The molecule has 0 spiro atoms. The average molecular weight is 438 g/mol. The minimum Gasteiger partial charge on any atom is -0.455 e. The number of likely N-dealkylation sites (N-methyl/N-ethyl adjacent to an activating group) is 1. The molecule has 8 heteroatoms. The number of nitrogens with zero attached hydrogens (tertiary/aromatic N) is 2. The Morgan fingerprint density at radius 1 is 1.10 bits per heavy atom. The third kappa shape index (κ3) is 6.67. The molecular formula is C21H28ClN3O3S. The molecule has 0 aliphatic carbocycles. The molecule has 1 aliphatic heterocycles. The molecule has 6 nitrogen and oxygen atoms in total. The topological polar surface area (TPSA) is 65.8 Å². The molecule has 1 atom stereocenters. The lowest BCUT2D eigenvalue weighted by atomic mass is 10.3. The summed E-state index contributed by atoms with van der Waals surface area (Å²) in [6, 6.07) is 10.2. The molecule has 29 heavy (non-hydrogen) atoms. The van der Waals surface area contributed by atoms with E-state index < -0.39 is 10.8 Å². The van der Waals surface area contributed by atoms with Crippen molar-refractivity contribution in [1.82, 2.24) is 15.1 Å². The van der Waals surface area contributed by atoms with Crippen molar-refractivity contribution in [2.24, 2.45) is 0 Å². The molecule has 1 saturated heterocycles. The van der Waals surface area contributed by atoms with Crippen molar-refractivity contribution < 1.29 is 13.4 Å². The first kappa shape index (κ1) is 22.0. The van der Waals surface area contributed by atoms with Crippen LogP contribution in [0.2, 0.25) is 5.02 Å². The second-order valence-electron chi connectivity index (χ2n) is 7.10. The fourth-order valence-corrected chi connectivity index (χ4v) is 4.44. The number of carbonyl (C=O) groups is 1. The highest BCUT2D eigenvalue weighted by Crippen LogP contribution is 2.17. The van der Waals surface area contributed by atoms with E-state index in [9.17, 15) is 9.00 Å². The van der Waals surface area contributed by atoms with Gasteiger partial charge in [0.2, 0.25) is 0 Å². The molecule has 3 rings (SSSR count). The Morgan fingerprint density at radius 3 is 2.48 bits per heavy atom. The van der Waals surface area contributed by atoms with Crippen LogP contribution in [-0.4, -0.2) is 65.7 Å². The van der Waals surface area contributed by atoms with Gasteiger partial charge in [-0.05, 0) is 55.9 Å². The van der Waals surface area contributed by atoms with Crippen LogP contribution in [0.25, 0.3) is 0 Å². The van der Waals surface area contributed by atoms with E-state index in [1.807, 2.05) is 0 Å². The van der Waals surface area contributed by atoms with E-state index in [4.69, 9.17) is 16.0 Å². The third-order valence-electron chi connectivity index (χ3n) is 5.08. The van der Waals surface area contributed by atoms with Gasteiger partial charge in [-0.3, -0.25) is 9.00 Å². The van der Waals surface area contributed by atoms with Gasteiger partial charge in [-0.15, -0.1) is 0 Å². The highest BCUT2D eigenvalue weighted by atomic mass is 35.5. The summed E-state index contributed by atoms with van der Waals surface area (Å²) in [5, 5.41) is 3.51. The van der Waals surface area contributed by atoms with E-state index >= 15 is 0 Å². The number of piperazine rings is 1. The van der Waals surface area contributed by atoms with Crippen molar-refractivity contribution in [2.75, 3.05) is 45.8 Å². The van der Waals surface area contributed by atoms with Crippen LogP contribution in [0.4, 0.5) is 0 Å². The van der Waals surface area contributed by atoms with Gasteiger partial charge in [0.25, 0.3) is 5.91 Å². The molecule has 1 aromatic heterocycles. The molecule has 1 aromatic carbocycles. The van der Waals surface area contributed by atoms with Crippen LogP contribution in [0.1, 0.15) is 29.7 Å². The number of rotatable bonds is 9. The average Bonchev–Trinajstić information content (AvgIpc) is 3.20. The second kappa shape index (κ2) is 10.9. The lowest BCUT2D eigenvalue weighted by Gasteiger charge is -2.33. The van der Waals surface area contributed by atoms with Crippen molar-refractivity contribution in [1.29, 1.82) is 0 Å². The smallest absolute Gasteiger partial charge is 0.286 e. The number of nitrogens with one attached hydrogen (secondary N) is 1. The molecule has 2 aromatic rings. The van der Waals surface area contributed by atoms with E-state index in [0.29, 0.717) is 22.2 Å². The van der Waals surface area contributed by atoms with Gasteiger partial charge < -0.3 is 19.5 Å². The van der Waals surface area contributed by atoms with Crippen molar-refractivity contribution in [2.45, 2.75) is 24.0 Å². The Kier molecular flexibility index (Phi) is 8.29. The molecule has 0 saturated carbocycles. The summed E-state index contributed by atoms with van der Waals surface area (Å²) in [6.07, 6.45) is 0.909. The number of hydrogen-bond donors (Lipinski definition) is 1. The fourth-order valence-electron chi connectivity index (χ4n) is 3.30. The Balaban J connectivity index is 1.39. The summed E-state index contributed by atoms with van der Waals surface area (Å²) in [7, 11) is -1.25. The van der Waals surface area contributed by atoms with Crippen molar-refractivity contribution >= 4 is 28.3 Å². The normalized spacial score (nSPS) is 16.6. The zero-order valence-corrected chi connectivity index (χ0v) is 18.3. The first-order valence-corrected chi connectivity index (χ1v) is 11.7. The van der Waals surface area contributed by atoms with E-state index in [-0.39, 0.29) is 17.4 Å². The molecule has 0 unspecified atom stereocenters. The molecule has 0 bridgehead atoms. The van der Waals surface area contributed by atoms with Crippen molar-refractivity contribution in [3.63, 3.8) is 0 Å². The van der Waals surface area contributed by atoms with E-state index in [0.717, 1.165) is 45.7 Å². The number of furan rings is 1. The fraction of sp³-hybridized carbons (Fsp3) is 0.476. The summed E-state index contributed by atoms with van der Waals surface area (Å²) in [6.45, 7) is 9.33. The van der Waals surface area contributed by atoms with Gasteiger partial charge in [0.15, 0.2) is 5.76 Å². The summed E-state index contributed by atoms with van der Waals surface area (Å²) in [5.74, 6) is 0.768. The van der Waals surface area contributed by atoms with Crippen LogP contribution in [0.3, 0.4) is 0 Å². The third-order valence-corrected chi connectivity index (χ3v) is 6.68. The maximum Gasteiger partial charge on any atom is 0.286 e. The SMILES string of the molecule is CCN1CCN(CCCNC(=O)c2ccc(C[S@](=O)c3ccc(Cl)cc3)o2)CC1. The lowest BCUT2D eigenvalue weighted by Crippen LogP contribution is -2.46. The summed E-state index contributed by atoms with van der Waals surface area (Å²) in [5.41, 5.74) is 0. The molecule has 1 amide bonds. The summed E-state index contributed by atoms with van der Waals surface area (Å²) in [4.78, 5) is 17.8. The van der Waals surface area contributed by atoms with Gasteiger partial charge in [-0.2, -0.15) is 0 Å². The van der Waals surface area contributed by atoms with Crippen LogP contribution in [-0.2, 0) is 16.6 Å². The summed E-state index contributed by atoms with van der Waals surface area (Å²) < 4.78 is 18.0. The summed E-state index contributed by atoms with van der Waals surface area (Å²) >= 11 is 5.86. The number of halogens is 1. The standard InChI is InChI=1S/C21H28ClN3O3S/c1-2-24-12-14-25(15-13-24)11-3-10-23-21(26)20-9-6-18(28-20)16-29(27)19-7-4-17(22)5-8-19/h4-9H,2-3,10-16H2,1H3,(H,23,26)/t29-/m0/s1. The van der Waals surface area contributed by atoms with Crippen molar-refractivity contribution in [3.05, 3.63) is 52.9 Å².